The maximum absolute atomic E-state index is 12.6. The third kappa shape index (κ3) is 3.24. The van der Waals surface area contributed by atoms with Gasteiger partial charge in [0, 0.05) is 19.5 Å². The van der Waals surface area contributed by atoms with Crippen molar-refractivity contribution in [3.8, 4) is 5.75 Å². The lowest BCUT2D eigenvalue weighted by Gasteiger charge is -2.41. The van der Waals surface area contributed by atoms with Gasteiger partial charge in [-0.05, 0) is 30.5 Å². The van der Waals surface area contributed by atoms with Crippen molar-refractivity contribution in [2.75, 3.05) is 20.2 Å². The fourth-order valence-corrected chi connectivity index (χ4v) is 3.61. The fourth-order valence-electron chi connectivity index (χ4n) is 3.61. The molecule has 132 valence electrons. The Kier molecular flexibility index (Phi) is 4.40. The molecule has 1 aromatic carbocycles. The molecule has 2 atom stereocenters. The Hall–Kier alpha value is -2.41. The number of carbonyl (C=O) groups is 1. The first-order chi connectivity index (χ1) is 12.2. The summed E-state index contributed by atoms with van der Waals surface area (Å²) in [6.07, 6.45) is 3.95. The normalized spacial score (nSPS) is 22.2. The molecule has 1 amide bonds. The number of benzene rings is 1. The first kappa shape index (κ1) is 16.1. The molecule has 25 heavy (non-hydrogen) atoms. The number of hydrogen-bond acceptors (Lipinski definition) is 5. The quantitative estimate of drug-likeness (QED) is 0.844. The van der Waals surface area contributed by atoms with Crippen LogP contribution in [0.5, 0.6) is 5.75 Å². The fraction of sp³-hybridized carbons (Fsp3) is 0.500. The molecular weight excluding hydrogens is 320 g/mol. The van der Waals surface area contributed by atoms with Gasteiger partial charge in [0.05, 0.1) is 37.8 Å². The van der Waals surface area contributed by atoms with Crippen molar-refractivity contribution in [3.63, 3.8) is 0 Å². The monoisotopic (exact) mass is 342 g/mol. The third-order valence-electron chi connectivity index (χ3n) is 5.07. The topological polar surface area (TPSA) is 69.5 Å². The standard InChI is InChI=1S/C18H22N4O3/c1-24-15-5-2-13(3-6-15)4-7-18(23)21-9-8-17-16(11-21)22-14(12-25-17)10-19-20-22/h2-3,5-6,10,16-17H,4,7-9,11-12H2,1H3/t16-,17+/m0/s1. The van der Waals surface area contributed by atoms with E-state index in [2.05, 4.69) is 10.3 Å². The number of likely N-dealkylation sites (tertiary alicyclic amines) is 1. The minimum atomic E-state index is 0.0740. The molecule has 0 radical (unpaired) electrons. The van der Waals surface area contributed by atoms with Crippen LogP contribution >= 0.6 is 0 Å². The van der Waals surface area contributed by atoms with Crippen LogP contribution in [0.15, 0.2) is 30.5 Å². The molecule has 0 N–H and O–H groups in total. The van der Waals surface area contributed by atoms with E-state index in [9.17, 15) is 4.79 Å². The molecule has 2 aliphatic rings. The van der Waals surface area contributed by atoms with Gasteiger partial charge in [-0.2, -0.15) is 0 Å². The summed E-state index contributed by atoms with van der Waals surface area (Å²) >= 11 is 0. The summed E-state index contributed by atoms with van der Waals surface area (Å²) in [5, 5.41) is 8.16. The molecule has 3 heterocycles. The second kappa shape index (κ2) is 6.84. The Morgan fingerprint density at radius 3 is 3.00 bits per heavy atom. The summed E-state index contributed by atoms with van der Waals surface area (Å²) in [5.41, 5.74) is 2.12. The van der Waals surface area contributed by atoms with E-state index in [4.69, 9.17) is 9.47 Å². The van der Waals surface area contributed by atoms with E-state index in [0.29, 0.717) is 19.6 Å². The van der Waals surface area contributed by atoms with E-state index in [0.717, 1.165) is 36.4 Å². The lowest BCUT2D eigenvalue weighted by Crippen LogP contribution is -2.49. The van der Waals surface area contributed by atoms with Gasteiger partial charge in [0.25, 0.3) is 0 Å². The van der Waals surface area contributed by atoms with Crippen molar-refractivity contribution in [1.29, 1.82) is 0 Å². The molecule has 0 spiro atoms. The summed E-state index contributed by atoms with van der Waals surface area (Å²) in [6, 6.07) is 7.95. The second-order valence-electron chi connectivity index (χ2n) is 6.56. The van der Waals surface area contributed by atoms with Crippen molar-refractivity contribution in [2.45, 2.75) is 38.0 Å². The first-order valence-corrected chi connectivity index (χ1v) is 8.66. The van der Waals surface area contributed by atoms with Crippen molar-refractivity contribution in [1.82, 2.24) is 19.9 Å². The van der Waals surface area contributed by atoms with Gasteiger partial charge < -0.3 is 14.4 Å². The SMILES string of the molecule is COc1ccc(CCC(=O)N2CC[C@H]3OCc4cnnn4[C@H]3C2)cc1. The number of rotatable bonds is 4. The Labute approximate surface area is 146 Å². The zero-order valence-corrected chi connectivity index (χ0v) is 14.3. The molecule has 0 bridgehead atoms. The van der Waals surface area contributed by atoms with Crippen molar-refractivity contribution in [3.05, 3.63) is 41.7 Å². The molecule has 0 unspecified atom stereocenters. The summed E-state index contributed by atoms with van der Waals surface area (Å²) in [7, 11) is 1.65. The molecule has 1 aromatic heterocycles. The molecule has 2 aliphatic heterocycles. The average Bonchev–Trinajstić information content (AvgIpc) is 3.15. The lowest BCUT2D eigenvalue weighted by atomic mass is 9.99. The van der Waals surface area contributed by atoms with Gasteiger partial charge in [0.15, 0.2) is 0 Å². The number of ether oxygens (including phenoxy) is 2. The Bertz CT molecular complexity index is 743. The minimum absolute atomic E-state index is 0.0740. The largest absolute Gasteiger partial charge is 0.497 e. The summed E-state index contributed by atoms with van der Waals surface area (Å²) < 4.78 is 13.0. The van der Waals surface area contributed by atoms with Crippen molar-refractivity contribution < 1.29 is 14.3 Å². The number of nitrogens with zero attached hydrogens (tertiary/aromatic N) is 4. The highest BCUT2D eigenvalue weighted by molar-refractivity contribution is 5.76. The Morgan fingerprint density at radius 2 is 2.20 bits per heavy atom. The van der Waals surface area contributed by atoms with Gasteiger partial charge >= 0.3 is 0 Å². The van der Waals surface area contributed by atoms with Crippen LogP contribution in [0.1, 0.15) is 30.1 Å². The van der Waals surface area contributed by atoms with E-state index < -0.39 is 0 Å². The van der Waals surface area contributed by atoms with E-state index >= 15 is 0 Å². The molecule has 1 fully saturated rings. The molecule has 0 aliphatic carbocycles. The zero-order valence-electron chi connectivity index (χ0n) is 14.3. The van der Waals surface area contributed by atoms with Crippen LogP contribution in [-0.4, -0.2) is 52.1 Å². The number of hydrogen-bond donors (Lipinski definition) is 0. The smallest absolute Gasteiger partial charge is 0.222 e. The van der Waals surface area contributed by atoms with Crippen molar-refractivity contribution >= 4 is 5.91 Å². The predicted molar refractivity (Wildman–Crippen MR) is 90.1 cm³/mol. The van der Waals surface area contributed by atoms with Crippen LogP contribution in [0, 0.1) is 0 Å². The molecule has 4 rings (SSSR count). The van der Waals surface area contributed by atoms with E-state index in [1.165, 1.54) is 0 Å². The average molecular weight is 342 g/mol. The molecule has 2 aromatic rings. The summed E-state index contributed by atoms with van der Waals surface area (Å²) in [5.74, 6) is 1.01. The van der Waals surface area contributed by atoms with E-state index in [1.807, 2.05) is 33.8 Å². The van der Waals surface area contributed by atoms with Crippen LogP contribution in [0.3, 0.4) is 0 Å². The number of aromatic nitrogens is 3. The van der Waals surface area contributed by atoms with Crippen LogP contribution in [-0.2, 0) is 22.6 Å². The molecular formula is C18H22N4O3. The number of methoxy groups -OCH3 is 1. The van der Waals surface area contributed by atoms with Gasteiger partial charge in [-0.15, -0.1) is 5.10 Å². The molecule has 7 heteroatoms. The molecule has 0 saturated carbocycles. The molecule has 1 saturated heterocycles. The molecule has 7 nitrogen and oxygen atoms in total. The number of aryl methyl sites for hydroxylation is 1. The summed E-state index contributed by atoms with van der Waals surface area (Å²) in [4.78, 5) is 14.6. The van der Waals surface area contributed by atoms with Crippen LogP contribution < -0.4 is 4.74 Å². The number of carbonyl (C=O) groups excluding carboxylic acids is 1. The number of piperidine rings is 1. The van der Waals surface area contributed by atoms with Crippen molar-refractivity contribution in [2.24, 2.45) is 0 Å². The van der Waals surface area contributed by atoms with E-state index in [1.54, 1.807) is 13.3 Å². The highest BCUT2D eigenvalue weighted by Crippen LogP contribution is 2.30. The maximum atomic E-state index is 12.6. The Balaban J connectivity index is 1.37. The van der Waals surface area contributed by atoms with Gasteiger partial charge in [0.2, 0.25) is 5.91 Å². The van der Waals surface area contributed by atoms with Crippen LogP contribution in [0.4, 0.5) is 0 Å². The summed E-state index contributed by atoms with van der Waals surface area (Å²) in [6.45, 7) is 1.94. The predicted octanol–water partition coefficient (Wildman–Crippen LogP) is 1.59. The van der Waals surface area contributed by atoms with Gasteiger partial charge in [0.1, 0.15) is 5.75 Å². The highest BCUT2D eigenvalue weighted by Gasteiger charge is 2.37. The van der Waals surface area contributed by atoms with Gasteiger partial charge in [-0.1, -0.05) is 17.3 Å². The van der Waals surface area contributed by atoms with E-state index in [-0.39, 0.29) is 18.1 Å². The van der Waals surface area contributed by atoms with Gasteiger partial charge in [-0.3, -0.25) is 4.79 Å². The number of amides is 1. The maximum Gasteiger partial charge on any atom is 0.222 e. The van der Waals surface area contributed by atoms with Crippen LogP contribution in [0.2, 0.25) is 0 Å². The lowest BCUT2D eigenvalue weighted by molar-refractivity contribution is -0.138. The van der Waals surface area contributed by atoms with Gasteiger partial charge in [-0.25, -0.2) is 4.68 Å². The Morgan fingerprint density at radius 1 is 1.36 bits per heavy atom. The third-order valence-corrected chi connectivity index (χ3v) is 5.07. The highest BCUT2D eigenvalue weighted by atomic mass is 16.5. The minimum Gasteiger partial charge on any atom is -0.497 e. The first-order valence-electron chi connectivity index (χ1n) is 8.66. The van der Waals surface area contributed by atoms with Crippen LogP contribution in [0.25, 0.3) is 0 Å². The second-order valence-corrected chi connectivity index (χ2v) is 6.56. The number of fused-ring (bicyclic) bond motifs is 3. The zero-order chi connectivity index (χ0) is 17.2.